The van der Waals surface area contributed by atoms with Crippen molar-refractivity contribution in [3.05, 3.63) is 77.0 Å². The van der Waals surface area contributed by atoms with Crippen LogP contribution in [0.3, 0.4) is 0 Å². The van der Waals surface area contributed by atoms with Crippen molar-refractivity contribution in [2.24, 2.45) is 0 Å². The van der Waals surface area contributed by atoms with Gasteiger partial charge in [-0.05, 0) is 41.8 Å². The van der Waals surface area contributed by atoms with Crippen LogP contribution in [0, 0.1) is 24.4 Å². The lowest BCUT2D eigenvalue weighted by atomic mass is 10.0. The molecule has 1 aromatic carbocycles. The van der Waals surface area contributed by atoms with Crippen molar-refractivity contribution < 1.29 is 13.2 Å². The van der Waals surface area contributed by atoms with Crippen molar-refractivity contribution in [3.8, 4) is 0 Å². The highest BCUT2D eigenvalue weighted by atomic mass is 19.1. The van der Waals surface area contributed by atoms with E-state index in [0.29, 0.717) is 11.3 Å². The fourth-order valence-electron chi connectivity index (χ4n) is 2.45. The van der Waals surface area contributed by atoms with Gasteiger partial charge in [0.1, 0.15) is 11.6 Å². The van der Waals surface area contributed by atoms with Crippen LogP contribution in [0.1, 0.15) is 16.7 Å². The summed E-state index contributed by atoms with van der Waals surface area (Å²) < 4.78 is 40.9. The summed E-state index contributed by atoms with van der Waals surface area (Å²) in [5.74, 6) is -2.09. The molecule has 0 bridgehead atoms. The summed E-state index contributed by atoms with van der Waals surface area (Å²) in [6.07, 6.45) is 4.84. The minimum Gasteiger partial charge on any atom is -0.381 e. The number of nitrogen functional groups attached to an aromatic ring is 1. The molecule has 0 aliphatic heterocycles. The second-order valence-corrected chi connectivity index (χ2v) is 5.57. The highest BCUT2D eigenvalue weighted by Gasteiger charge is 2.12. The van der Waals surface area contributed by atoms with Crippen LogP contribution >= 0.6 is 0 Å². The zero-order valence-electron chi connectivity index (χ0n) is 13.4. The van der Waals surface area contributed by atoms with Gasteiger partial charge in [0.25, 0.3) is 0 Å². The largest absolute Gasteiger partial charge is 0.381 e. The van der Waals surface area contributed by atoms with Gasteiger partial charge >= 0.3 is 0 Å². The molecule has 0 unspecified atom stereocenters. The smallest absolute Gasteiger partial charge is 0.168 e. The average Bonchev–Trinajstić information content (AvgIpc) is 2.57. The summed E-state index contributed by atoms with van der Waals surface area (Å²) in [6, 6.07) is 4.81. The number of nitrogens with zero attached hydrogens (tertiary/aromatic N) is 2. The fourth-order valence-corrected chi connectivity index (χ4v) is 2.45. The predicted octanol–water partition coefficient (Wildman–Crippen LogP) is 4.12. The second kappa shape index (κ2) is 6.80. The van der Waals surface area contributed by atoms with Gasteiger partial charge < -0.3 is 11.1 Å². The third-order valence-electron chi connectivity index (χ3n) is 3.90. The molecule has 4 nitrogen and oxygen atoms in total. The summed E-state index contributed by atoms with van der Waals surface area (Å²) in [5, 5.41) is 2.88. The van der Waals surface area contributed by atoms with Gasteiger partial charge in [-0.1, -0.05) is 0 Å². The minimum atomic E-state index is -0.710. The third-order valence-corrected chi connectivity index (χ3v) is 3.90. The second-order valence-electron chi connectivity index (χ2n) is 5.57. The molecule has 0 radical (unpaired) electrons. The number of rotatable bonds is 4. The molecule has 2 aromatic heterocycles. The molecule has 0 saturated carbocycles. The zero-order chi connectivity index (χ0) is 18.0. The summed E-state index contributed by atoms with van der Waals surface area (Å²) in [4.78, 5) is 7.80. The van der Waals surface area contributed by atoms with Crippen molar-refractivity contribution in [2.45, 2.75) is 13.3 Å². The first-order valence-electron chi connectivity index (χ1n) is 7.50. The van der Waals surface area contributed by atoms with E-state index in [0.717, 1.165) is 23.3 Å². The zero-order valence-corrected chi connectivity index (χ0v) is 13.4. The molecular formula is C18H15F3N4. The highest BCUT2D eigenvalue weighted by molar-refractivity contribution is 5.64. The fraction of sp³-hybridized carbons (Fsp3) is 0.111. The number of benzene rings is 1. The van der Waals surface area contributed by atoms with Gasteiger partial charge in [-0.15, -0.1) is 0 Å². The van der Waals surface area contributed by atoms with Crippen LogP contribution in [-0.2, 0) is 6.42 Å². The number of pyridine rings is 2. The van der Waals surface area contributed by atoms with Crippen LogP contribution in [-0.4, -0.2) is 9.97 Å². The Morgan fingerprint density at radius 2 is 1.84 bits per heavy atom. The topological polar surface area (TPSA) is 63.8 Å². The molecule has 0 amide bonds. The normalized spacial score (nSPS) is 10.7. The summed E-state index contributed by atoms with van der Waals surface area (Å²) in [5.41, 5.74) is 8.07. The Labute approximate surface area is 142 Å². The Morgan fingerprint density at radius 1 is 1.04 bits per heavy atom. The number of halogens is 3. The first-order chi connectivity index (χ1) is 12.0. The Morgan fingerprint density at radius 3 is 2.60 bits per heavy atom. The molecule has 2 heterocycles. The number of anilines is 3. The van der Waals surface area contributed by atoms with E-state index in [2.05, 4.69) is 15.3 Å². The van der Waals surface area contributed by atoms with Crippen LogP contribution in [0.15, 0.2) is 42.9 Å². The number of hydrogen-bond acceptors (Lipinski definition) is 4. The van der Waals surface area contributed by atoms with Gasteiger partial charge in [0.15, 0.2) is 11.6 Å². The number of nitrogens with two attached hydrogens (primary N) is 1. The van der Waals surface area contributed by atoms with Crippen molar-refractivity contribution in [3.63, 3.8) is 0 Å². The number of aromatic nitrogens is 2. The molecule has 128 valence electrons. The molecule has 0 saturated heterocycles. The van der Waals surface area contributed by atoms with E-state index in [1.54, 1.807) is 12.3 Å². The lowest BCUT2D eigenvalue weighted by Gasteiger charge is -2.14. The van der Waals surface area contributed by atoms with Crippen LogP contribution < -0.4 is 11.1 Å². The first kappa shape index (κ1) is 16.8. The Kier molecular flexibility index (Phi) is 4.56. The molecule has 7 heteroatoms. The van der Waals surface area contributed by atoms with Gasteiger partial charge in [0, 0.05) is 24.9 Å². The van der Waals surface area contributed by atoms with Crippen molar-refractivity contribution in [1.82, 2.24) is 9.97 Å². The maximum Gasteiger partial charge on any atom is 0.168 e. The average molecular weight is 344 g/mol. The van der Waals surface area contributed by atoms with E-state index in [1.807, 2.05) is 6.92 Å². The van der Waals surface area contributed by atoms with Gasteiger partial charge in [-0.3, -0.25) is 4.98 Å². The summed E-state index contributed by atoms with van der Waals surface area (Å²) in [6.45, 7) is 1.81. The minimum absolute atomic E-state index is 0.128. The van der Waals surface area contributed by atoms with E-state index < -0.39 is 17.5 Å². The van der Waals surface area contributed by atoms with Crippen LogP contribution in [0.2, 0.25) is 0 Å². The van der Waals surface area contributed by atoms with Gasteiger partial charge in [-0.2, -0.15) is 0 Å². The number of hydrogen-bond donors (Lipinski definition) is 2. The van der Waals surface area contributed by atoms with Crippen molar-refractivity contribution in [2.75, 3.05) is 11.1 Å². The van der Waals surface area contributed by atoms with Gasteiger partial charge in [0.2, 0.25) is 0 Å². The van der Waals surface area contributed by atoms with Crippen molar-refractivity contribution in [1.29, 1.82) is 0 Å². The summed E-state index contributed by atoms with van der Waals surface area (Å²) in [7, 11) is 0. The van der Waals surface area contributed by atoms with Crippen LogP contribution in [0.5, 0.6) is 0 Å². The Hall–Kier alpha value is -3.09. The molecule has 0 aliphatic carbocycles. The molecule has 0 atom stereocenters. The molecule has 0 spiro atoms. The van der Waals surface area contributed by atoms with Gasteiger partial charge in [-0.25, -0.2) is 18.2 Å². The SMILES string of the molecule is Cc1c(Cc2ccnc(N)c2F)cncc1Nc1ccc(F)cc1F. The highest BCUT2D eigenvalue weighted by Crippen LogP contribution is 2.26. The maximum absolute atomic E-state index is 14.0. The lowest BCUT2D eigenvalue weighted by molar-refractivity contribution is 0.586. The molecule has 0 aliphatic rings. The van der Waals surface area contributed by atoms with Crippen LogP contribution in [0.25, 0.3) is 0 Å². The van der Waals surface area contributed by atoms with Crippen LogP contribution in [0.4, 0.5) is 30.4 Å². The predicted molar refractivity (Wildman–Crippen MR) is 90.0 cm³/mol. The molecule has 0 fully saturated rings. The molecule has 3 rings (SSSR count). The maximum atomic E-state index is 14.0. The van der Waals surface area contributed by atoms with E-state index in [9.17, 15) is 13.2 Å². The standard InChI is InChI=1S/C18H15F3N4/c1-10-12(6-11-4-5-24-18(22)17(11)21)8-23-9-16(10)25-15-3-2-13(19)7-14(15)20/h2-5,7-9,25H,6H2,1H3,(H2,22,24). The van der Waals surface area contributed by atoms with E-state index in [-0.39, 0.29) is 17.9 Å². The quantitative estimate of drug-likeness (QED) is 0.747. The Bertz CT molecular complexity index is 928. The monoisotopic (exact) mass is 344 g/mol. The third kappa shape index (κ3) is 3.55. The Balaban J connectivity index is 1.91. The number of nitrogens with one attached hydrogen (secondary N) is 1. The molecule has 25 heavy (non-hydrogen) atoms. The first-order valence-corrected chi connectivity index (χ1v) is 7.50. The van der Waals surface area contributed by atoms with Crippen molar-refractivity contribution >= 4 is 17.2 Å². The van der Waals surface area contributed by atoms with E-state index >= 15 is 0 Å². The molecule has 3 aromatic rings. The van der Waals surface area contributed by atoms with E-state index in [4.69, 9.17) is 5.73 Å². The molecular weight excluding hydrogens is 329 g/mol. The van der Waals surface area contributed by atoms with E-state index in [1.165, 1.54) is 18.5 Å². The summed E-state index contributed by atoms with van der Waals surface area (Å²) >= 11 is 0. The molecule has 3 N–H and O–H groups in total. The lowest BCUT2D eigenvalue weighted by Crippen LogP contribution is -2.04. The van der Waals surface area contributed by atoms with Gasteiger partial charge in [0.05, 0.1) is 17.6 Å².